The molecule has 0 saturated carbocycles. The van der Waals surface area contributed by atoms with Gasteiger partial charge in [0.25, 0.3) is 0 Å². The van der Waals surface area contributed by atoms with Gasteiger partial charge in [-0.25, -0.2) is 4.57 Å². The van der Waals surface area contributed by atoms with Gasteiger partial charge < -0.3 is 5.32 Å². The molecule has 6 heteroatoms. The molecular weight excluding hydrogens is 272 g/mol. The quantitative estimate of drug-likeness (QED) is 0.628. The summed E-state index contributed by atoms with van der Waals surface area (Å²) in [4.78, 5) is 11.7. The molecule has 5 nitrogen and oxygen atoms in total. The van der Waals surface area contributed by atoms with Crippen LogP contribution in [0.4, 0.5) is 5.13 Å². The number of carbonyl (C=O) groups is 1. The highest BCUT2D eigenvalue weighted by atomic mass is 32.1. The molecule has 2 aromatic rings. The minimum absolute atomic E-state index is 0.0156. The molecule has 1 amide bonds. The molecule has 0 aliphatic carbocycles. The number of aryl methyl sites for hydroxylation is 2. The monoisotopic (exact) mass is 291 g/mol. The van der Waals surface area contributed by atoms with Gasteiger partial charge in [0.05, 0.1) is 0 Å². The van der Waals surface area contributed by atoms with Crippen molar-refractivity contribution in [3.63, 3.8) is 0 Å². The van der Waals surface area contributed by atoms with E-state index in [2.05, 4.69) is 20.1 Å². The maximum Gasteiger partial charge on any atom is 0.226 e. The number of nitrogens with zero attached hydrogens (tertiary/aromatic N) is 3. The van der Waals surface area contributed by atoms with Gasteiger partial charge in [0, 0.05) is 25.0 Å². The van der Waals surface area contributed by atoms with Crippen molar-refractivity contribution >= 4 is 22.4 Å². The number of hydrogen-bond acceptors (Lipinski definition) is 4. The Morgan fingerprint density at radius 3 is 2.75 bits per heavy atom. The van der Waals surface area contributed by atoms with E-state index in [0.29, 0.717) is 11.6 Å². The molecule has 0 radical (unpaired) electrons. The van der Waals surface area contributed by atoms with Crippen molar-refractivity contribution in [3.8, 4) is 0 Å². The number of unbranched alkanes of at least 4 members (excludes halogenated alkanes) is 1. The van der Waals surface area contributed by atoms with Gasteiger partial charge in [-0.05, 0) is 12.8 Å². The molecule has 0 unspecified atom stereocenters. The van der Waals surface area contributed by atoms with Gasteiger partial charge in [-0.2, -0.15) is 0 Å². The minimum Gasteiger partial charge on any atom is -0.301 e. The lowest BCUT2D eigenvalue weighted by molar-refractivity contribution is -0.697. The Labute approximate surface area is 122 Å². The van der Waals surface area contributed by atoms with E-state index in [9.17, 15) is 4.79 Å². The molecule has 0 spiro atoms. The minimum atomic E-state index is 0.0156. The zero-order valence-electron chi connectivity index (χ0n) is 11.6. The summed E-state index contributed by atoms with van der Waals surface area (Å²) >= 11 is 1.44. The van der Waals surface area contributed by atoms with E-state index in [-0.39, 0.29) is 5.91 Å². The summed E-state index contributed by atoms with van der Waals surface area (Å²) in [7, 11) is 0. The van der Waals surface area contributed by atoms with Crippen LogP contribution in [0.2, 0.25) is 0 Å². The van der Waals surface area contributed by atoms with E-state index in [1.165, 1.54) is 11.3 Å². The molecule has 106 valence electrons. The molecule has 0 aromatic carbocycles. The van der Waals surface area contributed by atoms with Gasteiger partial charge in [-0.15, -0.1) is 10.2 Å². The van der Waals surface area contributed by atoms with Crippen molar-refractivity contribution in [2.24, 2.45) is 0 Å². The largest absolute Gasteiger partial charge is 0.301 e. The summed E-state index contributed by atoms with van der Waals surface area (Å²) in [6, 6.07) is 6.01. The number of hydrogen-bond donors (Lipinski definition) is 1. The molecule has 1 N–H and O–H groups in total. The predicted molar refractivity (Wildman–Crippen MR) is 78.4 cm³/mol. The first-order valence-corrected chi connectivity index (χ1v) is 7.66. The van der Waals surface area contributed by atoms with Crippen LogP contribution in [0.15, 0.2) is 30.6 Å². The van der Waals surface area contributed by atoms with Crippen molar-refractivity contribution in [2.75, 3.05) is 5.32 Å². The van der Waals surface area contributed by atoms with Crippen molar-refractivity contribution in [2.45, 2.75) is 39.2 Å². The van der Waals surface area contributed by atoms with Crippen LogP contribution in [0.3, 0.4) is 0 Å². The molecule has 0 atom stereocenters. The standard InChI is InChI=1S/C14H18N4OS/c1-2-13-16-17-14(20-13)15-12(19)8-4-7-11-18-9-5-3-6-10-18/h3,5-6,9-10H,2,4,7-8,11H2,1H3/p+1. The first kappa shape index (κ1) is 14.6. The Bertz CT molecular complexity index is 541. The van der Waals surface area contributed by atoms with E-state index < -0.39 is 0 Å². The average molecular weight is 291 g/mol. The van der Waals surface area contributed by atoms with Gasteiger partial charge in [0.15, 0.2) is 12.4 Å². The maximum absolute atomic E-state index is 11.7. The fourth-order valence-corrected chi connectivity index (χ4v) is 2.49. The number of amides is 1. The van der Waals surface area contributed by atoms with Crippen LogP contribution in [0.25, 0.3) is 0 Å². The number of pyridine rings is 1. The highest BCUT2D eigenvalue weighted by Gasteiger charge is 2.07. The van der Waals surface area contributed by atoms with E-state index in [0.717, 1.165) is 30.8 Å². The number of carbonyl (C=O) groups excluding carboxylic acids is 1. The third kappa shape index (κ3) is 4.70. The smallest absolute Gasteiger partial charge is 0.226 e. The van der Waals surface area contributed by atoms with Crippen LogP contribution < -0.4 is 9.88 Å². The van der Waals surface area contributed by atoms with Crippen molar-refractivity contribution in [1.82, 2.24) is 10.2 Å². The third-order valence-electron chi connectivity index (χ3n) is 2.86. The van der Waals surface area contributed by atoms with Crippen LogP contribution >= 0.6 is 11.3 Å². The topological polar surface area (TPSA) is 58.8 Å². The van der Waals surface area contributed by atoms with Crippen molar-refractivity contribution in [1.29, 1.82) is 0 Å². The van der Waals surface area contributed by atoms with Gasteiger partial charge in [-0.1, -0.05) is 24.3 Å². The molecule has 0 aliphatic rings. The van der Waals surface area contributed by atoms with E-state index >= 15 is 0 Å². The second-order valence-electron chi connectivity index (χ2n) is 4.47. The van der Waals surface area contributed by atoms with E-state index in [4.69, 9.17) is 0 Å². The van der Waals surface area contributed by atoms with Gasteiger partial charge in [0.1, 0.15) is 11.6 Å². The Kier molecular flexibility index (Phi) is 5.61. The lowest BCUT2D eigenvalue weighted by Gasteiger charge is -2.00. The van der Waals surface area contributed by atoms with Gasteiger partial charge >= 0.3 is 0 Å². The predicted octanol–water partition coefficient (Wildman–Crippen LogP) is 2.20. The zero-order valence-corrected chi connectivity index (χ0v) is 12.4. The molecule has 2 heterocycles. The summed E-state index contributed by atoms with van der Waals surface area (Å²) in [6.07, 6.45) is 7.29. The lowest BCUT2D eigenvalue weighted by atomic mass is 10.2. The van der Waals surface area contributed by atoms with E-state index in [1.807, 2.05) is 37.5 Å². The summed E-state index contributed by atoms with van der Waals surface area (Å²) < 4.78 is 2.12. The van der Waals surface area contributed by atoms with Crippen LogP contribution in [0, 0.1) is 0 Å². The number of rotatable bonds is 7. The van der Waals surface area contributed by atoms with E-state index in [1.54, 1.807) is 0 Å². The Morgan fingerprint density at radius 1 is 1.25 bits per heavy atom. The van der Waals surface area contributed by atoms with Crippen molar-refractivity contribution < 1.29 is 9.36 Å². The van der Waals surface area contributed by atoms with Crippen LogP contribution in [-0.4, -0.2) is 16.1 Å². The van der Waals surface area contributed by atoms with Crippen molar-refractivity contribution in [3.05, 3.63) is 35.6 Å². The normalized spacial score (nSPS) is 10.4. The molecule has 0 aliphatic heterocycles. The molecule has 0 saturated heterocycles. The van der Waals surface area contributed by atoms with Gasteiger partial charge in [-0.3, -0.25) is 4.79 Å². The first-order valence-electron chi connectivity index (χ1n) is 6.84. The molecule has 2 aromatic heterocycles. The van der Waals surface area contributed by atoms with Crippen LogP contribution in [0.1, 0.15) is 31.2 Å². The second-order valence-corrected chi connectivity index (χ2v) is 5.54. The lowest BCUT2D eigenvalue weighted by Crippen LogP contribution is -2.32. The third-order valence-corrected chi connectivity index (χ3v) is 3.85. The van der Waals surface area contributed by atoms with Crippen LogP contribution in [-0.2, 0) is 17.8 Å². The molecule has 0 bridgehead atoms. The second kappa shape index (κ2) is 7.69. The molecule has 20 heavy (non-hydrogen) atoms. The fraction of sp³-hybridized carbons (Fsp3) is 0.429. The zero-order chi connectivity index (χ0) is 14.2. The van der Waals surface area contributed by atoms with Gasteiger partial charge in [0.2, 0.25) is 11.0 Å². The summed E-state index contributed by atoms with van der Waals surface area (Å²) in [5.41, 5.74) is 0. The first-order chi connectivity index (χ1) is 9.78. The van der Waals surface area contributed by atoms with Crippen LogP contribution in [0.5, 0.6) is 0 Å². The Morgan fingerprint density at radius 2 is 2.05 bits per heavy atom. The SMILES string of the molecule is CCc1nnc(NC(=O)CCCC[n+]2ccccc2)s1. The number of nitrogens with one attached hydrogen (secondary N) is 1. The molecule has 0 fully saturated rings. The highest BCUT2D eigenvalue weighted by Crippen LogP contribution is 2.15. The average Bonchev–Trinajstić information content (AvgIpc) is 2.92. The Hall–Kier alpha value is -1.82. The summed E-state index contributed by atoms with van der Waals surface area (Å²) in [5, 5.41) is 12.3. The summed E-state index contributed by atoms with van der Waals surface area (Å²) in [5.74, 6) is 0.0156. The number of aromatic nitrogens is 3. The highest BCUT2D eigenvalue weighted by molar-refractivity contribution is 7.15. The Balaban J connectivity index is 1.65. The number of anilines is 1. The summed E-state index contributed by atoms with van der Waals surface area (Å²) in [6.45, 7) is 2.96. The molecule has 2 rings (SSSR count). The fourth-order valence-electron chi connectivity index (χ4n) is 1.79. The molecular formula is C14H19N4OS+. The maximum atomic E-state index is 11.7.